The average Bonchev–Trinajstić information content (AvgIpc) is 2.37. The van der Waals surface area contributed by atoms with Gasteiger partial charge < -0.3 is 4.90 Å². The summed E-state index contributed by atoms with van der Waals surface area (Å²) in [6.07, 6.45) is 0.325. The Labute approximate surface area is 164 Å². The second kappa shape index (κ2) is 8.27. The van der Waals surface area contributed by atoms with E-state index in [4.69, 9.17) is 11.6 Å². The number of hydrogen-bond donors (Lipinski definition) is 0. The molecule has 1 unspecified atom stereocenters. The first-order chi connectivity index (χ1) is 9.41. The number of hydrogen-bond acceptors (Lipinski definition) is 1. The Balaban J connectivity index is 0.00000220. The molecule has 0 saturated carbocycles. The standard InChI is InChI=1S/C13H9ClF3INO.Y/c14-7-2-1-3-8(15)12(7)10-5-4-9(18)13(20)19(10)6-11(16)17;/h1-3,9,11H,4,6H2;/q-1;. The van der Waals surface area contributed by atoms with Gasteiger partial charge in [-0.3, -0.25) is 4.79 Å². The smallest absolute Gasteiger partial charge is 0.256 e. The summed E-state index contributed by atoms with van der Waals surface area (Å²) in [5.74, 6) is -1.15. The first-order valence-electron chi connectivity index (χ1n) is 5.70. The molecule has 2 rings (SSSR count). The number of alkyl halides is 3. The molecule has 0 fully saturated rings. The zero-order chi connectivity index (χ0) is 14.9. The molecular formula is C13H9ClF3INOY-. The van der Waals surface area contributed by atoms with E-state index in [1.54, 1.807) is 0 Å². The summed E-state index contributed by atoms with van der Waals surface area (Å²) in [6, 6.07) is 4.01. The van der Waals surface area contributed by atoms with Crippen molar-refractivity contribution in [2.24, 2.45) is 0 Å². The third kappa shape index (κ3) is 4.42. The van der Waals surface area contributed by atoms with Gasteiger partial charge in [-0.2, -0.15) is 0 Å². The van der Waals surface area contributed by atoms with Gasteiger partial charge in [0.2, 0.25) is 5.91 Å². The Hall–Kier alpha value is 0.344. The maximum atomic E-state index is 13.9. The molecule has 21 heavy (non-hydrogen) atoms. The van der Waals surface area contributed by atoms with Gasteiger partial charge in [0.25, 0.3) is 6.43 Å². The number of carbonyl (C=O) groups is 1. The Morgan fingerprint density at radius 2 is 2.14 bits per heavy atom. The summed E-state index contributed by atoms with van der Waals surface area (Å²) in [4.78, 5) is 12.9. The number of carbonyl (C=O) groups excluding carboxylic acids is 1. The minimum atomic E-state index is -2.72. The predicted molar refractivity (Wildman–Crippen MR) is 78.2 cm³/mol. The predicted octanol–water partition coefficient (Wildman–Crippen LogP) is 3.92. The van der Waals surface area contributed by atoms with Gasteiger partial charge in [-0.1, -0.05) is 46.7 Å². The third-order valence-electron chi connectivity index (χ3n) is 2.77. The molecule has 0 aromatic heterocycles. The number of allylic oxidation sites excluding steroid dienone is 1. The van der Waals surface area contributed by atoms with E-state index < -0.39 is 28.6 Å². The summed E-state index contributed by atoms with van der Waals surface area (Å²) in [6.45, 7) is -0.800. The zero-order valence-electron chi connectivity index (χ0n) is 10.6. The second-order valence-corrected chi connectivity index (χ2v) is 6.04. The molecule has 1 amide bonds. The van der Waals surface area contributed by atoms with Crippen LogP contribution in [0.4, 0.5) is 13.2 Å². The van der Waals surface area contributed by atoms with Crippen molar-refractivity contribution in [3.63, 3.8) is 0 Å². The van der Waals surface area contributed by atoms with Crippen molar-refractivity contribution >= 4 is 45.8 Å². The van der Waals surface area contributed by atoms with Gasteiger partial charge in [-0.05, 0) is 11.1 Å². The van der Waals surface area contributed by atoms with Crippen LogP contribution in [-0.4, -0.2) is 27.7 Å². The van der Waals surface area contributed by atoms with Crippen molar-refractivity contribution < 1.29 is 50.7 Å². The van der Waals surface area contributed by atoms with Crippen LogP contribution in [0.15, 0.2) is 18.2 Å². The van der Waals surface area contributed by atoms with Gasteiger partial charge in [0.05, 0.1) is 16.3 Å². The fourth-order valence-electron chi connectivity index (χ4n) is 1.91. The quantitative estimate of drug-likeness (QED) is 0.348. The second-order valence-electron chi connectivity index (χ2n) is 4.13. The third-order valence-corrected chi connectivity index (χ3v) is 4.06. The number of benzene rings is 1. The fourth-order valence-corrected chi connectivity index (χ4v) is 2.72. The number of halogens is 5. The van der Waals surface area contributed by atoms with Crippen LogP contribution in [0.3, 0.4) is 0 Å². The van der Waals surface area contributed by atoms with E-state index >= 15 is 0 Å². The maximum absolute atomic E-state index is 13.9. The van der Waals surface area contributed by atoms with E-state index in [1.807, 2.05) is 22.6 Å². The molecule has 0 aliphatic carbocycles. The normalized spacial score (nSPS) is 18.6. The molecule has 0 spiro atoms. The van der Waals surface area contributed by atoms with Crippen molar-refractivity contribution in [2.45, 2.75) is 16.8 Å². The molecule has 1 aliphatic rings. The Morgan fingerprint density at radius 1 is 1.48 bits per heavy atom. The van der Waals surface area contributed by atoms with E-state index in [2.05, 4.69) is 6.08 Å². The molecule has 0 bridgehead atoms. The molecule has 1 aromatic carbocycles. The van der Waals surface area contributed by atoms with Crippen LogP contribution in [-0.2, 0) is 37.5 Å². The molecule has 0 N–H and O–H groups in total. The van der Waals surface area contributed by atoms with Crippen LogP contribution in [0.1, 0.15) is 12.0 Å². The van der Waals surface area contributed by atoms with Gasteiger partial charge in [-0.15, -0.1) is 17.3 Å². The molecular weight excluding hydrogens is 494 g/mol. The number of rotatable bonds is 3. The number of nitrogens with zero attached hydrogens (tertiary/aromatic N) is 1. The Bertz CT molecular complexity index is 550. The molecule has 1 atom stereocenters. The van der Waals surface area contributed by atoms with E-state index in [-0.39, 0.29) is 55.4 Å². The summed E-state index contributed by atoms with van der Waals surface area (Å²) in [5.41, 5.74) is -0.0715. The van der Waals surface area contributed by atoms with Crippen LogP contribution in [0.5, 0.6) is 0 Å². The van der Waals surface area contributed by atoms with E-state index in [0.29, 0.717) is 0 Å². The van der Waals surface area contributed by atoms with Gasteiger partial charge in [0.1, 0.15) is 0 Å². The van der Waals surface area contributed by atoms with Gasteiger partial charge in [0, 0.05) is 32.7 Å². The molecule has 1 heterocycles. The van der Waals surface area contributed by atoms with E-state index in [9.17, 15) is 18.0 Å². The maximum Gasteiger partial charge on any atom is 0.256 e. The molecule has 1 aromatic rings. The van der Waals surface area contributed by atoms with Crippen molar-refractivity contribution in [3.05, 3.63) is 40.7 Å². The van der Waals surface area contributed by atoms with Gasteiger partial charge in [0.15, 0.2) is 0 Å². The summed E-state index contributed by atoms with van der Waals surface area (Å²) in [5, 5.41) is 0.0616. The monoisotopic (exact) mass is 503 g/mol. The van der Waals surface area contributed by atoms with Crippen molar-refractivity contribution in [1.82, 2.24) is 4.90 Å². The topological polar surface area (TPSA) is 20.3 Å². The minimum Gasteiger partial charge on any atom is -0.341 e. The summed E-state index contributed by atoms with van der Waals surface area (Å²) in [7, 11) is 0. The van der Waals surface area contributed by atoms with Crippen LogP contribution < -0.4 is 0 Å². The molecule has 0 saturated heterocycles. The molecule has 1 aliphatic heterocycles. The van der Waals surface area contributed by atoms with Gasteiger partial charge in [-0.25, -0.2) is 19.2 Å². The van der Waals surface area contributed by atoms with E-state index in [1.165, 1.54) is 12.1 Å². The van der Waals surface area contributed by atoms with Crippen molar-refractivity contribution in [2.75, 3.05) is 6.54 Å². The zero-order valence-corrected chi connectivity index (χ0v) is 16.4. The average molecular weight is 503 g/mol. The minimum absolute atomic E-state index is 0. The molecule has 2 nitrogen and oxygen atoms in total. The molecule has 111 valence electrons. The molecule has 8 heteroatoms. The van der Waals surface area contributed by atoms with E-state index in [0.717, 1.165) is 11.0 Å². The summed E-state index contributed by atoms with van der Waals surface area (Å²) < 4.78 is 38.7. The Kier molecular flexibility index (Phi) is 7.63. The Morgan fingerprint density at radius 3 is 2.71 bits per heavy atom. The SMILES string of the molecule is O=C1C(I)C[C-]=C(c2c(F)cccc2Cl)N1CC(F)F.[Y]. The van der Waals surface area contributed by atoms with Crippen LogP contribution in [0, 0.1) is 11.9 Å². The van der Waals surface area contributed by atoms with Gasteiger partial charge >= 0.3 is 0 Å². The fraction of sp³-hybridized carbons (Fsp3) is 0.308. The largest absolute Gasteiger partial charge is 0.341 e. The van der Waals surface area contributed by atoms with Crippen molar-refractivity contribution in [3.8, 4) is 0 Å². The molecule has 1 radical (unpaired) electrons. The van der Waals surface area contributed by atoms with Crippen molar-refractivity contribution in [1.29, 1.82) is 0 Å². The number of amides is 1. The van der Waals surface area contributed by atoms with Crippen LogP contribution in [0.25, 0.3) is 5.70 Å². The first kappa shape index (κ1) is 19.4. The summed E-state index contributed by atoms with van der Waals surface area (Å²) >= 11 is 7.77. The van der Waals surface area contributed by atoms with Crippen LogP contribution in [0.2, 0.25) is 5.02 Å². The van der Waals surface area contributed by atoms with Crippen LogP contribution >= 0.6 is 34.2 Å². The first-order valence-corrected chi connectivity index (χ1v) is 7.33.